The number of amides is 1. The van der Waals surface area contributed by atoms with E-state index in [1.54, 1.807) is 6.92 Å². The minimum atomic E-state index is -0.363. The van der Waals surface area contributed by atoms with Crippen LogP contribution >= 0.6 is 0 Å². The molecule has 0 heterocycles. The zero-order valence-electron chi connectivity index (χ0n) is 12.0. The molecule has 0 bridgehead atoms. The Bertz CT molecular complexity index is 371. The monoisotopic (exact) mass is 263 g/mol. The number of benzene rings is 1. The quantitative estimate of drug-likeness (QED) is 0.757. The van der Waals surface area contributed by atoms with Crippen LogP contribution in [-0.4, -0.2) is 23.7 Å². The number of aryl methyl sites for hydroxylation is 1. The van der Waals surface area contributed by atoms with Crippen molar-refractivity contribution in [3.63, 3.8) is 0 Å². The van der Waals surface area contributed by atoms with Crippen molar-refractivity contribution >= 4 is 5.91 Å². The Hall–Kier alpha value is -1.35. The van der Waals surface area contributed by atoms with Gasteiger partial charge in [-0.3, -0.25) is 4.79 Å². The molecule has 1 aromatic rings. The van der Waals surface area contributed by atoms with Crippen molar-refractivity contribution in [3.05, 3.63) is 35.4 Å². The number of rotatable bonds is 8. The van der Waals surface area contributed by atoms with Gasteiger partial charge in [0.1, 0.15) is 0 Å². The maximum absolute atomic E-state index is 11.7. The molecule has 1 unspecified atom stereocenters. The Kier molecular flexibility index (Phi) is 7.19. The fraction of sp³-hybridized carbons (Fsp3) is 0.562. The zero-order valence-corrected chi connectivity index (χ0v) is 12.0. The van der Waals surface area contributed by atoms with Crippen LogP contribution in [0.2, 0.25) is 0 Å². The molecular weight excluding hydrogens is 238 g/mol. The standard InChI is InChI=1S/C16H25NO2/c1-3-4-5-14-6-8-15(9-7-14)12-16(19)17-11-10-13(2)18/h6-9,13,18H,3-5,10-12H2,1-2H3,(H,17,19). The molecule has 3 heteroatoms. The number of aliphatic hydroxyl groups is 1. The van der Waals surface area contributed by atoms with Crippen LogP contribution in [0, 0.1) is 0 Å². The molecule has 106 valence electrons. The molecule has 1 rings (SSSR count). The second kappa shape index (κ2) is 8.70. The van der Waals surface area contributed by atoms with Gasteiger partial charge in [-0.1, -0.05) is 37.6 Å². The van der Waals surface area contributed by atoms with Crippen LogP contribution in [0.15, 0.2) is 24.3 Å². The topological polar surface area (TPSA) is 49.3 Å². The Balaban J connectivity index is 2.33. The summed E-state index contributed by atoms with van der Waals surface area (Å²) in [6.07, 6.45) is 4.16. The highest BCUT2D eigenvalue weighted by molar-refractivity contribution is 5.78. The van der Waals surface area contributed by atoms with E-state index in [0.717, 1.165) is 12.0 Å². The molecule has 0 spiro atoms. The highest BCUT2D eigenvalue weighted by Gasteiger charge is 2.04. The van der Waals surface area contributed by atoms with E-state index in [0.29, 0.717) is 19.4 Å². The minimum absolute atomic E-state index is 0.0157. The summed E-state index contributed by atoms with van der Waals surface area (Å²) >= 11 is 0. The summed E-state index contributed by atoms with van der Waals surface area (Å²) in [5, 5.41) is 11.9. The number of hydrogen-bond acceptors (Lipinski definition) is 2. The summed E-state index contributed by atoms with van der Waals surface area (Å²) < 4.78 is 0. The van der Waals surface area contributed by atoms with Crippen LogP contribution in [0.5, 0.6) is 0 Å². The first kappa shape index (κ1) is 15.7. The highest BCUT2D eigenvalue weighted by atomic mass is 16.3. The van der Waals surface area contributed by atoms with E-state index in [4.69, 9.17) is 5.11 Å². The fourth-order valence-electron chi connectivity index (χ4n) is 1.87. The Labute approximate surface area is 116 Å². The van der Waals surface area contributed by atoms with Gasteiger partial charge in [0.2, 0.25) is 5.91 Å². The third-order valence-corrected chi connectivity index (χ3v) is 3.09. The van der Waals surface area contributed by atoms with Gasteiger partial charge in [0.15, 0.2) is 0 Å². The average Bonchev–Trinajstić information content (AvgIpc) is 2.37. The number of carbonyl (C=O) groups is 1. The molecule has 3 nitrogen and oxygen atoms in total. The lowest BCUT2D eigenvalue weighted by Crippen LogP contribution is -2.27. The largest absolute Gasteiger partial charge is 0.393 e. The van der Waals surface area contributed by atoms with Gasteiger partial charge in [-0.15, -0.1) is 0 Å². The lowest BCUT2D eigenvalue weighted by atomic mass is 10.0. The van der Waals surface area contributed by atoms with Gasteiger partial charge in [-0.05, 0) is 37.3 Å². The van der Waals surface area contributed by atoms with Crippen LogP contribution in [-0.2, 0) is 17.6 Å². The van der Waals surface area contributed by atoms with Gasteiger partial charge < -0.3 is 10.4 Å². The van der Waals surface area contributed by atoms with Crippen molar-refractivity contribution in [1.29, 1.82) is 0 Å². The number of nitrogens with one attached hydrogen (secondary N) is 1. The second-order valence-electron chi connectivity index (χ2n) is 5.08. The van der Waals surface area contributed by atoms with Crippen molar-refractivity contribution in [3.8, 4) is 0 Å². The zero-order chi connectivity index (χ0) is 14.1. The fourth-order valence-corrected chi connectivity index (χ4v) is 1.87. The summed E-state index contributed by atoms with van der Waals surface area (Å²) in [4.78, 5) is 11.7. The van der Waals surface area contributed by atoms with Crippen LogP contribution in [0.3, 0.4) is 0 Å². The van der Waals surface area contributed by atoms with Crippen LogP contribution in [0.25, 0.3) is 0 Å². The van der Waals surface area contributed by atoms with Crippen LogP contribution < -0.4 is 5.32 Å². The van der Waals surface area contributed by atoms with E-state index in [1.807, 2.05) is 12.1 Å². The molecule has 0 radical (unpaired) electrons. The molecule has 2 N–H and O–H groups in total. The summed E-state index contributed by atoms with van der Waals surface area (Å²) in [6, 6.07) is 8.26. The summed E-state index contributed by atoms with van der Waals surface area (Å²) in [5.74, 6) is 0.0157. The third kappa shape index (κ3) is 6.97. The predicted molar refractivity (Wildman–Crippen MR) is 78.1 cm³/mol. The van der Waals surface area contributed by atoms with Gasteiger partial charge in [-0.2, -0.15) is 0 Å². The normalized spacial score (nSPS) is 12.2. The smallest absolute Gasteiger partial charge is 0.224 e. The first-order valence-electron chi connectivity index (χ1n) is 7.14. The lowest BCUT2D eigenvalue weighted by Gasteiger charge is -2.07. The third-order valence-electron chi connectivity index (χ3n) is 3.09. The summed E-state index contributed by atoms with van der Waals surface area (Å²) in [7, 11) is 0. The van der Waals surface area contributed by atoms with Crippen molar-refractivity contribution in [1.82, 2.24) is 5.32 Å². The van der Waals surface area contributed by atoms with Crippen molar-refractivity contribution in [2.75, 3.05) is 6.54 Å². The van der Waals surface area contributed by atoms with E-state index < -0.39 is 0 Å². The maximum atomic E-state index is 11.7. The number of aliphatic hydroxyl groups excluding tert-OH is 1. The molecule has 19 heavy (non-hydrogen) atoms. The maximum Gasteiger partial charge on any atom is 0.224 e. The molecule has 0 aliphatic carbocycles. The van der Waals surface area contributed by atoms with Gasteiger partial charge >= 0.3 is 0 Å². The molecule has 1 amide bonds. The van der Waals surface area contributed by atoms with E-state index in [-0.39, 0.29) is 12.0 Å². The lowest BCUT2D eigenvalue weighted by molar-refractivity contribution is -0.120. The molecule has 0 saturated carbocycles. The first-order valence-corrected chi connectivity index (χ1v) is 7.14. The molecule has 0 fully saturated rings. The van der Waals surface area contributed by atoms with Crippen LogP contribution in [0.4, 0.5) is 0 Å². The molecule has 1 aromatic carbocycles. The Morgan fingerprint density at radius 2 is 1.89 bits per heavy atom. The van der Waals surface area contributed by atoms with Gasteiger partial charge in [0.05, 0.1) is 12.5 Å². The minimum Gasteiger partial charge on any atom is -0.393 e. The van der Waals surface area contributed by atoms with E-state index in [2.05, 4.69) is 24.4 Å². The first-order chi connectivity index (χ1) is 9.11. The van der Waals surface area contributed by atoms with E-state index in [1.165, 1.54) is 18.4 Å². The molecule has 0 aromatic heterocycles. The number of carbonyl (C=O) groups excluding carboxylic acids is 1. The van der Waals surface area contributed by atoms with Crippen LogP contribution in [0.1, 0.15) is 44.2 Å². The second-order valence-corrected chi connectivity index (χ2v) is 5.08. The van der Waals surface area contributed by atoms with E-state index >= 15 is 0 Å². The molecule has 0 aliphatic heterocycles. The molecule has 0 saturated heterocycles. The van der Waals surface area contributed by atoms with Crippen molar-refractivity contribution in [2.45, 2.75) is 52.1 Å². The van der Waals surface area contributed by atoms with Gasteiger partial charge in [0, 0.05) is 6.54 Å². The predicted octanol–water partition coefficient (Wildman–Crippen LogP) is 2.46. The molecule has 0 aliphatic rings. The van der Waals surface area contributed by atoms with Crippen molar-refractivity contribution in [2.24, 2.45) is 0 Å². The average molecular weight is 263 g/mol. The Morgan fingerprint density at radius 1 is 1.26 bits per heavy atom. The van der Waals surface area contributed by atoms with Crippen molar-refractivity contribution < 1.29 is 9.90 Å². The van der Waals surface area contributed by atoms with Gasteiger partial charge in [0.25, 0.3) is 0 Å². The number of hydrogen-bond donors (Lipinski definition) is 2. The summed E-state index contributed by atoms with van der Waals surface area (Å²) in [5.41, 5.74) is 2.37. The Morgan fingerprint density at radius 3 is 2.47 bits per heavy atom. The van der Waals surface area contributed by atoms with Gasteiger partial charge in [-0.25, -0.2) is 0 Å². The molecular formula is C16H25NO2. The van der Waals surface area contributed by atoms with E-state index in [9.17, 15) is 4.79 Å². The molecule has 1 atom stereocenters. The SMILES string of the molecule is CCCCc1ccc(CC(=O)NCCC(C)O)cc1. The highest BCUT2D eigenvalue weighted by Crippen LogP contribution is 2.08. The number of unbranched alkanes of at least 4 members (excludes halogenated alkanes) is 1. The summed E-state index contributed by atoms with van der Waals surface area (Å²) in [6.45, 7) is 4.44.